The second kappa shape index (κ2) is 16.2. The van der Waals surface area contributed by atoms with Gasteiger partial charge in [-0.1, -0.05) is 96.8 Å². The van der Waals surface area contributed by atoms with Gasteiger partial charge in [0.25, 0.3) is 0 Å². The molecule has 1 heterocycles. The average molecular weight is 393 g/mol. The van der Waals surface area contributed by atoms with E-state index in [1.807, 2.05) is 0 Å². The number of rotatable bonds is 18. The third kappa shape index (κ3) is 10.8. The molecular formula is C26H52N2. The summed E-state index contributed by atoms with van der Waals surface area (Å²) in [6, 6.07) is 1.20. The normalized spacial score (nSPS) is 15.0. The predicted octanol–water partition coefficient (Wildman–Crippen LogP) is 8.48. The quantitative estimate of drug-likeness (QED) is 0.216. The van der Waals surface area contributed by atoms with Crippen molar-refractivity contribution >= 4 is 0 Å². The van der Waals surface area contributed by atoms with Crippen LogP contribution in [0, 0.1) is 0 Å². The smallest absolute Gasteiger partial charge is 0.101 e. The maximum atomic E-state index is 2.55. The fourth-order valence-electron chi connectivity index (χ4n) is 4.54. The van der Waals surface area contributed by atoms with Gasteiger partial charge in [0.15, 0.2) is 0 Å². The van der Waals surface area contributed by atoms with E-state index in [1.54, 1.807) is 0 Å². The Bertz CT molecular complexity index is 357. The molecule has 0 aromatic carbocycles. The van der Waals surface area contributed by atoms with Crippen LogP contribution in [0.1, 0.15) is 137 Å². The molecule has 0 amide bonds. The zero-order valence-corrected chi connectivity index (χ0v) is 20.1. The van der Waals surface area contributed by atoms with E-state index in [1.165, 1.54) is 103 Å². The van der Waals surface area contributed by atoms with Crippen molar-refractivity contribution in [3.05, 3.63) is 12.4 Å². The van der Waals surface area contributed by atoms with Gasteiger partial charge in [-0.15, -0.1) is 0 Å². The Morgan fingerprint density at radius 1 is 0.536 bits per heavy atom. The molecule has 0 atom stereocenters. The molecule has 0 aliphatic carbocycles. The molecule has 1 aliphatic heterocycles. The lowest BCUT2D eigenvalue weighted by molar-refractivity contribution is 0.0946. The number of nitrogens with zero attached hydrogens (tertiary/aromatic N) is 2. The van der Waals surface area contributed by atoms with Crippen molar-refractivity contribution < 1.29 is 0 Å². The number of hydrogen-bond donors (Lipinski definition) is 0. The number of unbranched alkanes of at least 4 members (excludes halogenated alkanes) is 14. The molecule has 2 heteroatoms. The van der Waals surface area contributed by atoms with Gasteiger partial charge in [-0.25, -0.2) is 0 Å². The molecule has 28 heavy (non-hydrogen) atoms. The topological polar surface area (TPSA) is 6.48 Å². The summed E-state index contributed by atoms with van der Waals surface area (Å²) < 4.78 is 0. The molecule has 0 spiro atoms. The van der Waals surface area contributed by atoms with Gasteiger partial charge in [0.2, 0.25) is 0 Å². The highest BCUT2D eigenvalue weighted by Crippen LogP contribution is 2.25. The molecular weight excluding hydrogens is 340 g/mol. The van der Waals surface area contributed by atoms with E-state index in [4.69, 9.17) is 0 Å². The van der Waals surface area contributed by atoms with E-state index in [-0.39, 0.29) is 0 Å². The lowest BCUT2D eigenvalue weighted by Crippen LogP contribution is -2.44. The van der Waals surface area contributed by atoms with Crippen molar-refractivity contribution in [3.63, 3.8) is 0 Å². The fourth-order valence-corrected chi connectivity index (χ4v) is 4.54. The summed E-state index contributed by atoms with van der Waals surface area (Å²) in [6.45, 7) is 11.6. The molecule has 0 unspecified atom stereocenters. The van der Waals surface area contributed by atoms with Gasteiger partial charge in [0, 0.05) is 24.5 Å². The summed E-state index contributed by atoms with van der Waals surface area (Å²) in [5.41, 5.74) is 0. The Morgan fingerprint density at radius 3 is 1.18 bits per heavy atom. The van der Waals surface area contributed by atoms with Gasteiger partial charge >= 0.3 is 0 Å². The van der Waals surface area contributed by atoms with Crippen molar-refractivity contribution in [3.8, 4) is 0 Å². The highest BCUT2D eigenvalue weighted by Gasteiger charge is 2.28. The predicted molar refractivity (Wildman–Crippen MR) is 126 cm³/mol. The molecule has 0 aromatic rings. The van der Waals surface area contributed by atoms with Gasteiger partial charge in [-0.3, -0.25) is 0 Å². The van der Waals surface area contributed by atoms with Gasteiger partial charge in [-0.2, -0.15) is 0 Å². The molecule has 0 fully saturated rings. The lowest BCUT2D eigenvalue weighted by Gasteiger charge is -2.37. The van der Waals surface area contributed by atoms with Crippen LogP contribution in [0.25, 0.3) is 0 Å². The van der Waals surface area contributed by atoms with Crippen molar-refractivity contribution in [2.24, 2.45) is 0 Å². The second-order valence-corrected chi connectivity index (χ2v) is 9.60. The largest absolute Gasteiger partial charge is 0.354 e. The SMILES string of the molecule is CCCCCCCCCCCCCCCCCC1N(C(C)C)C=CN1C(C)C. The van der Waals surface area contributed by atoms with Crippen molar-refractivity contribution in [1.82, 2.24) is 9.80 Å². The first kappa shape index (κ1) is 25.4. The van der Waals surface area contributed by atoms with Crippen molar-refractivity contribution in [1.29, 1.82) is 0 Å². The first-order valence-electron chi connectivity index (χ1n) is 12.8. The molecule has 1 aliphatic rings. The van der Waals surface area contributed by atoms with Crippen LogP contribution in [0.4, 0.5) is 0 Å². The van der Waals surface area contributed by atoms with E-state index in [2.05, 4.69) is 56.8 Å². The first-order valence-corrected chi connectivity index (χ1v) is 12.8. The van der Waals surface area contributed by atoms with Gasteiger partial charge < -0.3 is 9.80 Å². The first-order chi connectivity index (χ1) is 13.6. The summed E-state index contributed by atoms with van der Waals surface area (Å²) in [5.74, 6) is 0. The Labute approximate surface area is 178 Å². The second-order valence-electron chi connectivity index (χ2n) is 9.60. The monoisotopic (exact) mass is 392 g/mol. The molecule has 166 valence electrons. The number of hydrogen-bond acceptors (Lipinski definition) is 2. The third-order valence-electron chi connectivity index (χ3n) is 6.36. The minimum absolute atomic E-state index is 0.585. The zero-order valence-electron chi connectivity index (χ0n) is 20.1. The highest BCUT2D eigenvalue weighted by atomic mass is 15.4. The van der Waals surface area contributed by atoms with Gasteiger partial charge in [-0.05, 0) is 40.5 Å². The van der Waals surface area contributed by atoms with E-state index >= 15 is 0 Å². The lowest BCUT2D eigenvalue weighted by atomic mass is 10.0. The molecule has 0 N–H and O–H groups in total. The van der Waals surface area contributed by atoms with Crippen molar-refractivity contribution in [2.75, 3.05) is 0 Å². The summed E-state index contributed by atoms with van der Waals surface area (Å²) in [7, 11) is 0. The third-order valence-corrected chi connectivity index (χ3v) is 6.36. The zero-order chi connectivity index (χ0) is 20.6. The maximum absolute atomic E-state index is 2.55. The Kier molecular flexibility index (Phi) is 14.7. The van der Waals surface area contributed by atoms with E-state index in [0.717, 1.165) is 0 Å². The van der Waals surface area contributed by atoms with Crippen LogP contribution < -0.4 is 0 Å². The summed E-state index contributed by atoms with van der Waals surface area (Å²) in [6.07, 6.45) is 28.2. The minimum Gasteiger partial charge on any atom is -0.354 e. The van der Waals surface area contributed by atoms with Crippen LogP contribution >= 0.6 is 0 Å². The van der Waals surface area contributed by atoms with Crippen LogP contribution in [-0.4, -0.2) is 28.0 Å². The molecule has 1 rings (SSSR count). The summed E-state index contributed by atoms with van der Waals surface area (Å²) in [4.78, 5) is 5.09. The maximum Gasteiger partial charge on any atom is 0.101 e. The van der Waals surface area contributed by atoms with E-state index < -0.39 is 0 Å². The minimum atomic E-state index is 0.585. The molecule has 0 saturated heterocycles. The molecule has 2 nitrogen and oxygen atoms in total. The molecule has 0 bridgehead atoms. The molecule has 0 saturated carbocycles. The average Bonchev–Trinajstić information content (AvgIpc) is 3.09. The summed E-state index contributed by atoms with van der Waals surface area (Å²) >= 11 is 0. The highest BCUT2D eigenvalue weighted by molar-refractivity contribution is 4.99. The summed E-state index contributed by atoms with van der Waals surface area (Å²) in [5, 5.41) is 0. The van der Waals surface area contributed by atoms with Gasteiger partial charge in [0.05, 0.1) is 0 Å². The van der Waals surface area contributed by atoms with Gasteiger partial charge in [0.1, 0.15) is 6.17 Å². The van der Waals surface area contributed by atoms with Crippen LogP contribution in [0.2, 0.25) is 0 Å². The van der Waals surface area contributed by atoms with Crippen LogP contribution in [-0.2, 0) is 0 Å². The molecule has 0 radical (unpaired) electrons. The fraction of sp³-hybridized carbons (Fsp3) is 0.923. The van der Waals surface area contributed by atoms with Crippen molar-refractivity contribution in [2.45, 2.75) is 156 Å². The van der Waals surface area contributed by atoms with E-state index in [9.17, 15) is 0 Å². The Morgan fingerprint density at radius 2 is 0.857 bits per heavy atom. The van der Waals surface area contributed by atoms with Crippen LogP contribution in [0.5, 0.6) is 0 Å². The van der Waals surface area contributed by atoms with Crippen LogP contribution in [0.15, 0.2) is 12.4 Å². The van der Waals surface area contributed by atoms with Crippen LogP contribution in [0.3, 0.4) is 0 Å². The van der Waals surface area contributed by atoms with E-state index in [0.29, 0.717) is 18.2 Å². The Hall–Kier alpha value is -0.660. The standard InChI is InChI=1S/C26H52N2/c1-6-7-8-9-10-11-12-13-14-15-16-17-18-19-20-21-26-27(24(2)3)22-23-28(26)25(4)5/h22-26H,6-21H2,1-5H3. The Balaban J connectivity index is 1.93. The molecule has 0 aromatic heterocycles.